The van der Waals surface area contributed by atoms with Gasteiger partial charge in [0.15, 0.2) is 9.84 Å². The van der Waals surface area contributed by atoms with E-state index in [0.717, 1.165) is 17.4 Å². The van der Waals surface area contributed by atoms with Crippen LogP contribution in [0.15, 0.2) is 64.0 Å². The number of hydrogen-bond acceptors (Lipinski definition) is 8. The number of aliphatic imine (C=N–C) groups is 1. The van der Waals surface area contributed by atoms with Gasteiger partial charge in [0.2, 0.25) is 12.1 Å². The lowest BCUT2D eigenvalue weighted by Gasteiger charge is -2.11. The number of carbonyl (C=O) groups is 1. The van der Waals surface area contributed by atoms with Crippen LogP contribution in [0.4, 0.5) is 11.7 Å². The molecular formula is C21H23N5O4S. The van der Waals surface area contributed by atoms with Crippen molar-refractivity contribution in [3.05, 3.63) is 71.6 Å². The van der Waals surface area contributed by atoms with E-state index < -0.39 is 21.9 Å². The van der Waals surface area contributed by atoms with Gasteiger partial charge in [-0.15, -0.1) is 5.10 Å². The van der Waals surface area contributed by atoms with Crippen LogP contribution in [0.3, 0.4) is 0 Å². The molecule has 0 bridgehead atoms. The largest absolute Gasteiger partial charge is 0.407 e. The number of nitrogens with zero attached hydrogens (tertiary/aromatic N) is 3. The Hall–Kier alpha value is -3.53. The monoisotopic (exact) mass is 441 g/mol. The summed E-state index contributed by atoms with van der Waals surface area (Å²) < 4.78 is 28.1. The molecule has 0 aliphatic carbocycles. The molecule has 2 heterocycles. The molecule has 1 atom stereocenters. The van der Waals surface area contributed by atoms with Gasteiger partial charge in [-0.25, -0.2) is 13.4 Å². The minimum Gasteiger partial charge on any atom is -0.407 e. The van der Waals surface area contributed by atoms with Gasteiger partial charge in [-0.2, -0.15) is 0 Å². The zero-order chi connectivity index (χ0) is 22.4. The van der Waals surface area contributed by atoms with Crippen molar-refractivity contribution in [2.75, 3.05) is 16.9 Å². The fourth-order valence-corrected chi connectivity index (χ4v) is 3.46. The number of nitrogens with one attached hydrogen (secondary N) is 2. The SMILES string of the molecule is CC.CS(=O)(=O)Cc1nnc(NC2N=C(c3ccccc3)c3ccccc3NC2=O)o1. The molecule has 0 saturated heterocycles. The smallest absolute Gasteiger partial charge is 0.317 e. The Morgan fingerprint density at radius 1 is 1.03 bits per heavy atom. The minimum absolute atomic E-state index is 0.0698. The summed E-state index contributed by atoms with van der Waals surface area (Å²) in [5.74, 6) is -0.867. The molecule has 2 aromatic carbocycles. The number of fused-ring (bicyclic) bond motifs is 1. The number of benzodiazepines with no additional fused rings is 1. The number of sulfone groups is 1. The standard InChI is InChI=1S/C19H17N5O4S.C2H6/c1-29(26,27)11-15-23-24-19(28-15)22-17-18(25)20-14-10-6-5-9-13(14)16(21-17)12-7-3-2-4-8-12;1-2/h2-10,17H,11H2,1H3,(H,20,25)(H,22,24);1-2H3. The fourth-order valence-electron chi connectivity index (χ4n) is 2.89. The molecule has 4 rings (SSSR count). The van der Waals surface area contributed by atoms with E-state index in [9.17, 15) is 13.2 Å². The van der Waals surface area contributed by atoms with Crippen LogP contribution >= 0.6 is 0 Å². The Balaban J connectivity index is 0.00000132. The number of aromatic nitrogens is 2. The average molecular weight is 442 g/mol. The van der Waals surface area contributed by atoms with Crippen LogP contribution in [0, 0.1) is 0 Å². The molecule has 162 valence electrons. The molecule has 1 aromatic heterocycles. The van der Waals surface area contributed by atoms with Crippen LogP contribution in [0.5, 0.6) is 0 Å². The lowest BCUT2D eigenvalue weighted by molar-refractivity contribution is -0.116. The topological polar surface area (TPSA) is 127 Å². The highest BCUT2D eigenvalue weighted by atomic mass is 32.2. The number of hydrogen-bond donors (Lipinski definition) is 2. The quantitative estimate of drug-likeness (QED) is 0.623. The summed E-state index contributed by atoms with van der Waals surface area (Å²) in [5, 5.41) is 13.1. The zero-order valence-electron chi connectivity index (χ0n) is 17.4. The van der Waals surface area contributed by atoms with Gasteiger partial charge in [0, 0.05) is 17.4 Å². The molecule has 1 aliphatic heterocycles. The predicted molar refractivity (Wildman–Crippen MR) is 119 cm³/mol. The van der Waals surface area contributed by atoms with Gasteiger partial charge in [0.25, 0.3) is 5.91 Å². The summed E-state index contributed by atoms with van der Waals surface area (Å²) in [4.78, 5) is 17.3. The van der Waals surface area contributed by atoms with E-state index in [4.69, 9.17) is 4.42 Å². The van der Waals surface area contributed by atoms with E-state index in [0.29, 0.717) is 11.4 Å². The number of anilines is 2. The first-order valence-electron chi connectivity index (χ1n) is 9.69. The molecule has 0 radical (unpaired) electrons. The minimum atomic E-state index is -3.33. The molecule has 31 heavy (non-hydrogen) atoms. The summed E-state index contributed by atoms with van der Waals surface area (Å²) in [6.45, 7) is 4.00. The molecule has 10 heteroatoms. The van der Waals surface area contributed by atoms with Crippen LogP contribution in [0.1, 0.15) is 30.9 Å². The highest BCUT2D eigenvalue weighted by Crippen LogP contribution is 2.24. The summed E-state index contributed by atoms with van der Waals surface area (Å²) in [6.07, 6.45) is 0.0145. The van der Waals surface area contributed by atoms with Crippen LogP contribution in [-0.2, 0) is 20.4 Å². The Kier molecular flexibility index (Phi) is 6.81. The van der Waals surface area contributed by atoms with Gasteiger partial charge < -0.3 is 15.1 Å². The van der Waals surface area contributed by atoms with Crippen molar-refractivity contribution in [3.8, 4) is 0 Å². The third-order valence-electron chi connectivity index (χ3n) is 4.11. The second kappa shape index (κ2) is 9.52. The maximum absolute atomic E-state index is 12.7. The Labute approximate surface area is 180 Å². The summed E-state index contributed by atoms with van der Waals surface area (Å²) >= 11 is 0. The van der Waals surface area contributed by atoms with E-state index in [2.05, 4.69) is 25.8 Å². The van der Waals surface area contributed by atoms with Gasteiger partial charge in [0.05, 0.1) is 11.4 Å². The molecule has 1 unspecified atom stereocenters. The van der Waals surface area contributed by atoms with Gasteiger partial charge in [-0.3, -0.25) is 4.79 Å². The van der Waals surface area contributed by atoms with Crippen LogP contribution in [0.25, 0.3) is 0 Å². The molecule has 1 aliphatic rings. The normalized spacial score (nSPS) is 15.5. The molecule has 9 nitrogen and oxygen atoms in total. The van der Waals surface area contributed by atoms with Crippen molar-refractivity contribution in [1.29, 1.82) is 0 Å². The van der Waals surface area contributed by atoms with Crippen molar-refractivity contribution in [1.82, 2.24) is 10.2 Å². The highest BCUT2D eigenvalue weighted by molar-refractivity contribution is 7.89. The van der Waals surface area contributed by atoms with Crippen molar-refractivity contribution in [3.63, 3.8) is 0 Å². The van der Waals surface area contributed by atoms with E-state index in [1.165, 1.54) is 0 Å². The summed E-state index contributed by atoms with van der Waals surface area (Å²) in [6, 6.07) is 16.7. The molecule has 1 amide bonds. The molecular weight excluding hydrogens is 418 g/mol. The maximum Gasteiger partial charge on any atom is 0.317 e. The summed E-state index contributed by atoms with van der Waals surface area (Å²) in [5.41, 5.74) is 2.87. The fraction of sp³-hybridized carbons (Fsp3) is 0.238. The number of rotatable bonds is 5. The van der Waals surface area contributed by atoms with E-state index >= 15 is 0 Å². The predicted octanol–water partition coefficient (Wildman–Crippen LogP) is 2.87. The van der Waals surface area contributed by atoms with E-state index in [1.807, 2.05) is 62.4 Å². The first-order chi connectivity index (χ1) is 14.9. The number of amides is 1. The Bertz CT molecular complexity index is 1190. The van der Waals surface area contributed by atoms with Gasteiger partial charge in [-0.1, -0.05) is 67.5 Å². The first kappa shape index (κ1) is 22.2. The van der Waals surface area contributed by atoms with Crippen molar-refractivity contribution in [2.45, 2.75) is 25.8 Å². The van der Waals surface area contributed by atoms with Crippen LogP contribution in [0.2, 0.25) is 0 Å². The molecule has 0 saturated carbocycles. The van der Waals surface area contributed by atoms with E-state index in [-0.39, 0.29) is 17.7 Å². The number of para-hydroxylation sites is 1. The van der Waals surface area contributed by atoms with Gasteiger partial charge >= 0.3 is 6.01 Å². The summed E-state index contributed by atoms with van der Waals surface area (Å²) in [7, 11) is -3.33. The zero-order valence-corrected chi connectivity index (χ0v) is 18.2. The third kappa shape index (κ3) is 5.54. The van der Waals surface area contributed by atoms with E-state index in [1.54, 1.807) is 6.07 Å². The molecule has 2 N–H and O–H groups in total. The number of benzene rings is 2. The highest BCUT2D eigenvalue weighted by Gasteiger charge is 2.27. The van der Waals surface area contributed by atoms with Crippen molar-refractivity contribution in [2.24, 2.45) is 4.99 Å². The second-order valence-corrected chi connectivity index (χ2v) is 8.64. The van der Waals surface area contributed by atoms with Crippen LogP contribution < -0.4 is 10.6 Å². The van der Waals surface area contributed by atoms with Gasteiger partial charge in [-0.05, 0) is 6.07 Å². The Morgan fingerprint density at radius 2 is 1.71 bits per heavy atom. The lowest BCUT2D eigenvalue weighted by Crippen LogP contribution is -2.32. The molecule has 0 spiro atoms. The number of carbonyl (C=O) groups excluding carboxylic acids is 1. The average Bonchev–Trinajstić information content (AvgIpc) is 3.12. The first-order valence-corrected chi connectivity index (χ1v) is 11.8. The van der Waals surface area contributed by atoms with Crippen molar-refractivity contribution < 1.29 is 17.6 Å². The maximum atomic E-state index is 12.7. The third-order valence-corrected chi connectivity index (χ3v) is 4.88. The Morgan fingerprint density at radius 3 is 2.42 bits per heavy atom. The molecule has 3 aromatic rings. The van der Waals surface area contributed by atoms with Gasteiger partial charge in [0.1, 0.15) is 5.75 Å². The molecule has 0 fully saturated rings. The van der Waals surface area contributed by atoms with Crippen LogP contribution in [-0.4, -0.2) is 42.7 Å². The van der Waals surface area contributed by atoms with Crippen molar-refractivity contribution >= 4 is 33.2 Å². The lowest BCUT2D eigenvalue weighted by atomic mass is 10.0. The second-order valence-electron chi connectivity index (χ2n) is 6.50.